The van der Waals surface area contributed by atoms with E-state index in [4.69, 9.17) is 4.74 Å². The number of carbonyl (C=O) groups is 1. The van der Waals surface area contributed by atoms with E-state index in [1.165, 1.54) is 19.2 Å². The van der Waals surface area contributed by atoms with E-state index in [1.54, 1.807) is 16.9 Å². The second kappa shape index (κ2) is 7.42. The predicted molar refractivity (Wildman–Crippen MR) is 89.4 cm³/mol. The van der Waals surface area contributed by atoms with Gasteiger partial charge in [0.25, 0.3) is 5.91 Å². The van der Waals surface area contributed by atoms with Gasteiger partial charge in [0.05, 0.1) is 24.1 Å². The number of amides is 1. The Labute approximate surface area is 141 Å². The number of likely N-dealkylation sites (tertiary alicyclic amines) is 1. The van der Waals surface area contributed by atoms with Gasteiger partial charge in [-0.3, -0.25) is 4.79 Å². The summed E-state index contributed by atoms with van der Waals surface area (Å²) in [5, 5.41) is 4.35. The van der Waals surface area contributed by atoms with E-state index in [9.17, 15) is 4.79 Å². The Hall–Kier alpha value is -2.44. The molecule has 1 fully saturated rings. The lowest BCUT2D eigenvalue weighted by Crippen LogP contribution is -2.32. The van der Waals surface area contributed by atoms with Crippen LogP contribution in [0.15, 0.2) is 18.6 Å². The fraction of sp³-hybridized carbons (Fsp3) is 0.529. The van der Waals surface area contributed by atoms with Crippen LogP contribution in [0, 0.1) is 6.92 Å². The fourth-order valence-electron chi connectivity index (χ4n) is 2.97. The van der Waals surface area contributed by atoms with E-state index < -0.39 is 0 Å². The highest BCUT2D eigenvalue weighted by Gasteiger charge is 2.22. The van der Waals surface area contributed by atoms with Crippen LogP contribution in [0.2, 0.25) is 0 Å². The SMILES string of the molecule is CCOc1cc(-n2ncc(C(=O)N3CCCCCC3)c2C)ncn1. The number of aromatic nitrogens is 4. The third kappa shape index (κ3) is 3.39. The molecule has 3 heterocycles. The molecule has 2 aromatic heterocycles. The monoisotopic (exact) mass is 329 g/mol. The molecule has 128 valence electrons. The second-order valence-electron chi connectivity index (χ2n) is 5.91. The first-order valence-electron chi connectivity index (χ1n) is 8.50. The first kappa shape index (κ1) is 16.4. The topological polar surface area (TPSA) is 73.1 Å². The summed E-state index contributed by atoms with van der Waals surface area (Å²) in [5.41, 5.74) is 1.42. The van der Waals surface area contributed by atoms with Crippen molar-refractivity contribution in [2.75, 3.05) is 19.7 Å². The molecule has 0 N–H and O–H groups in total. The highest BCUT2D eigenvalue weighted by atomic mass is 16.5. The van der Waals surface area contributed by atoms with Gasteiger partial charge in [-0.2, -0.15) is 5.10 Å². The van der Waals surface area contributed by atoms with Crippen molar-refractivity contribution < 1.29 is 9.53 Å². The van der Waals surface area contributed by atoms with E-state index in [-0.39, 0.29) is 5.91 Å². The maximum atomic E-state index is 12.8. The first-order chi connectivity index (χ1) is 11.7. The molecule has 0 aromatic carbocycles. The lowest BCUT2D eigenvalue weighted by Gasteiger charge is -2.19. The maximum absolute atomic E-state index is 12.8. The number of hydrogen-bond donors (Lipinski definition) is 0. The number of carbonyl (C=O) groups excluding carboxylic acids is 1. The van der Waals surface area contributed by atoms with E-state index in [1.807, 2.05) is 18.7 Å². The van der Waals surface area contributed by atoms with Gasteiger partial charge in [0, 0.05) is 19.2 Å². The van der Waals surface area contributed by atoms with E-state index in [2.05, 4.69) is 15.1 Å². The summed E-state index contributed by atoms with van der Waals surface area (Å²) in [6.07, 6.45) is 7.61. The Balaban J connectivity index is 1.85. The molecule has 7 heteroatoms. The van der Waals surface area contributed by atoms with Crippen molar-refractivity contribution in [3.63, 3.8) is 0 Å². The standard InChI is InChI=1S/C17H23N5O2/c1-3-24-16-10-15(18-12-19-16)22-13(2)14(11-20-22)17(23)21-8-6-4-5-7-9-21/h10-12H,3-9H2,1-2H3. The van der Waals surface area contributed by atoms with Gasteiger partial charge >= 0.3 is 0 Å². The molecule has 2 aromatic rings. The van der Waals surface area contributed by atoms with Crippen molar-refractivity contribution in [2.24, 2.45) is 0 Å². The molecular weight excluding hydrogens is 306 g/mol. The molecule has 7 nitrogen and oxygen atoms in total. The molecule has 1 saturated heterocycles. The molecule has 0 unspecified atom stereocenters. The van der Waals surface area contributed by atoms with Gasteiger partial charge < -0.3 is 9.64 Å². The van der Waals surface area contributed by atoms with Crippen LogP contribution in [-0.4, -0.2) is 50.3 Å². The number of rotatable bonds is 4. The maximum Gasteiger partial charge on any atom is 0.257 e. The third-order valence-corrected chi connectivity index (χ3v) is 4.27. The van der Waals surface area contributed by atoms with Crippen LogP contribution in [0.4, 0.5) is 0 Å². The Morgan fingerprint density at radius 2 is 1.96 bits per heavy atom. The van der Waals surface area contributed by atoms with Crippen molar-refractivity contribution in [1.82, 2.24) is 24.6 Å². The second-order valence-corrected chi connectivity index (χ2v) is 5.91. The molecule has 0 aliphatic carbocycles. The van der Waals surface area contributed by atoms with Gasteiger partial charge in [-0.15, -0.1) is 0 Å². The molecule has 0 spiro atoms. The molecule has 0 radical (unpaired) electrons. The molecule has 3 rings (SSSR count). The minimum absolute atomic E-state index is 0.0553. The van der Waals surface area contributed by atoms with Crippen molar-refractivity contribution in [2.45, 2.75) is 39.5 Å². The van der Waals surface area contributed by atoms with Crippen molar-refractivity contribution in [3.05, 3.63) is 29.8 Å². The quantitative estimate of drug-likeness (QED) is 0.861. The average molecular weight is 329 g/mol. The zero-order chi connectivity index (χ0) is 16.9. The van der Waals surface area contributed by atoms with Gasteiger partial charge in [-0.05, 0) is 26.7 Å². The van der Waals surface area contributed by atoms with Crippen LogP contribution >= 0.6 is 0 Å². The minimum Gasteiger partial charge on any atom is -0.478 e. The van der Waals surface area contributed by atoms with Crippen LogP contribution in [-0.2, 0) is 0 Å². The van der Waals surface area contributed by atoms with Gasteiger partial charge in [-0.25, -0.2) is 14.6 Å². The Morgan fingerprint density at radius 1 is 1.21 bits per heavy atom. The summed E-state index contributed by atoms with van der Waals surface area (Å²) < 4.78 is 7.07. The molecule has 1 amide bonds. The largest absolute Gasteiger partial charge is 0.478 e. The molecular formula is C17H23N5O2. The number of hydrogen-bond acceptors (Lipinski definition) is 5. The van der Waals surface area contributed by atoms with Crippen LogP contribution in [0.5, 0.6) is 5.88 Å². The van der Waals surface area contributed by atoms with Crippen molar-refractivity contribution >= 4 is 5.91 Å². The summed E-state index contributed by atoms with van der Waals surface area (Å²) in [4.78, 5) is 23.0. The first-order valence-corrected chi connectivity index (χ1v) is 8.50. The summed E-state index contributed by atoms with van der Waals surface area (Å²) in [6, 6.07) is 1.73. The summed E-state index contributed by atoms with van der Waals surface area (Å²) in [7, 11) is 0. The lowest BCUT2D eigenvalue weighted by molar-refractivity contribution is 0.0761. The summed E-state index contributed by atoms with van der Waals surface area (Å²) in [5.74, 6) is 1.15. The van der Waals surface area contributed by atoms with Crippen LogP contribution < -0.4 is 4.74 Å². The number of nitrogens with zero attached hydrogens (tertiary/aromatic N) is 5. The normalized spacial score (nSPS) is 15.2. The smallest absolute Gasteiger partial charge is 0.257 e. The van der Waals surface area contributed by atoms with Gasteiger partial charge in [-0.1, -0.05) is 12.8 Å². The molecule has 1 aliphatic rings. The molecule has 24 heavy (non-hydrogen) atoms. The zero-order valence-corrected chi connectivity index (χ0v) is 14.2. The highest BCUT2D eigenvalue weighted by Crippen LogP contribution is 2.19. The predicted octanol–water partition coefficient (Wildman–Crippen LogP) is 2.39. The third-order valence-electron chi connectivity index (χ3n) is 4.27. The van der Waals surface area contributed by atoms with E-state index >= 15 is 0 Å². The highest BCUT2D eigenvalue weighted by molar-refractivity contribution is 5.95. The van der Waals surface area contributed by atoms with Crippen LogP contribution in [0.25, 0.3) is 5.82 Å². The summed E-state index contributed by atoms with van der Waals surface area (Å²) >= 11 is 0. The van der Waals surface area contributed by atoms with Gasteiger partial charge in [0.2, 0.25) is 5.88 Å². The number of ether oxygens (including phenoxy) is 1. The molecule has 0 saturated carbocycles. The molecule has 1 aliphatic heterocycles. The van der Waals surface area contributed by atoms with Crippen molar-refractivity contribution in [3.8, 4) is 11.7 Å². The average Bonchev–Trinajstić information content (AvgIpc) is 2.80. The van der Waals surface area contributed by atoms with Gasteiger partial charge in [0.15, 0.2) is 5.82 Å². The van der Waals surface area contributed by atoms with Crippen molar-refractivity contribution in [1.29, 1.82) is 0 Å². The Morgan fingerprint density at radius 3 is 2.67 bits per heavy atom. The van der Waals surface area contributed by atoms with Crippen LogP contribution in [0.1, 0.15) is 48.7 Å². The molecule has 0 atom stereocenters. The minimum atomic E-state index is 0.0553. The lowest BCUT2D eigenvalue weighted by atomic mass is 10.2. The van der Waals surface area contributed by atoms with Crippen LogP contribution in [0.3, 0.4) is 0 Å². The Kier molecular flexibility index (Phi) is 5.08. The van der Waals surface area contributed by atoms with E-state index in [0.717, 1.165) is 31.6 Å². The molecule has 0 bridgehead atoms. The zero-order valence-electron chi connectivity index (χ0n) is 14.2. The summed E-state index contributed by atoms with van der Waals surface area (Å²) in [6.45, 7) is 5.98. The Bertz CT molecular complexity index is 705. The fourth-order valence-corrected chi connectivity index (χ4v) is 2.97. The van der Waals surface area contributed by atoms with Gasteiger partial charge in [0.1, 0.15) is 6.33 Å². The van der Waals surface area contributed by atoms with E-state index in [0.29, 0.717) is 23.9 Å².